The molecular formula is C5H7N4. The van der Waals surface area contributed by atoms with Crippen LogP contribution in [-0.4, -0.2) is 13.1 Å². The first-order valence-electron chi connectivity index (χ1n) is 3.01. The minimum absolute atomic E-state index is 0.836. The molecule has 0 aromatic carbocycles. The van der Waals surface area contributed by atoms with Crippen molar-refractivity contribution in [1.29, 1.82) is 0 Å². The molecule has 0 bridgehead atoms. The first kappa shape index (κ1) is 4.93. The van der Waals surface area contributed by atoms with Crippen LogP contribution in [0, 0.1) is 0 Å². The molecule has 0 saturated carbocycles. The highest BCUT2D eigenvalue weighted by atomic mass is 15.5. The summed E-state index contributed by atoms with van der Waals surface area (Å²) in [5.41, 5.74) is 5.93. The fourth-order valence-electron chi connectivity index (χ4n) is 0.991. The highest BCUT2D eigenvalue weighted by molar-refractivity contribution is 5.17. The molecule has 0 spiro atoms. The van der Waals surface area contributed by atoms with Gasteiger partial charge in [0.05, 0.1) is 5.70 Å². The van der Waals surface area contributed by atoms with E-state index in [9.17, 15) is 0 Å². The van der Waals surface area contributed by atoms with E-state index in [4.69, 9.17) is 0 Å². The van der Waals surface area contributed by atoms with Crippen molar-refractivity contribution in [2.45, 2.75) is 6.42 Å². The molecule has 4 nitrogen and oxygen atoms in total. The van der Waals surface area contributed by atoms with Crippen molar-refractivity contribution in [3.8, 4) is 0 Å². The number of nitrogens with one attached hydrogen (secondary N) is 1. The Morgan fingerprint density at radius 1 is 1.33 bits per heavy atom. The van der Waals surface area contributed by atoms with E-state index in [1.165, 1.54) is 0 Å². The van der Waals surface area contributed by atoms with Crippen molar-refractivity contribution in [3.05, 3.63) is 11.4 Å². The molecule has 1 radical (unpaired) electrons. The quantitative estimate of drug-likeness (QED) is 0.490. The summed E-state index contributed by atoms with van der Waals surface area (Å²) in [5.74, 6) is 0. The van der Waals surface area contributed by atoms with Gasteiger partial charge >= 0.3 is 0 Å². The second kappa shape index (κ2) is 1.80. The largest absolute Gasteiger partial charge is 0.311 e. The third-order valence-corrected chi connectivity index (χ3v) is 1.50. The van der Waals surface area contributed by atoms with E-state index >= 15 is 0 Å². The molecule has 1 N–H and O–H groups in total. The van der Waals surface area contributed by atoms with Gasteiger partial charge in [-0.1, -0.05) is 0 Å². The zero-order chi connectivity index (χ0) is 6.10. The van der Waals surface area contributed by atoms with Crippen molar-refractivity contribution in [2.75, 3.05) is 13.1 Å². The molecule has 0 amide bonds. The Hall–Kier alpha value is -0.900. The molecule has 2 heterocycles. The lowest BCUT2D eigenvalue weighted by Crippen LogP contribution is -2.24. The van der Waals surface area contributed by atoms with Gasteiger partial charge in [0.2, 0.25) is 0 Å². The van der Waals surface area contributed by atoms with Crippen molar-refractivity contribution in [2.24, 2.45) is 10.3 Å². The summed E-state index contributed by atoms with van der Waals surface area (Å²) in [7, 11) is 0. The van der Waals surface area contributed by atoms with E-state index in [0.29, 0.717) is 0 Å². The molecule has 2 aliphatic heterocycles. The normalized spacial score (nSPS) is 24.0. The maximum atomic E-state index is 3.86. The smallest absolute Gasteiger partial charge is 0.102 e. The Balaban J connectivity index is 2.24. The lowest BCUT2D eigenvalue weighted by atomic mass is 10.2. The highest BCUT2D eigenvalue weighted by Crippen LogP contribution is 2.16. The molecule has 0 aromatic heterocycles. The number of nitrogens with zero attached hydrogens (tertiary/aromatic N) is 3. The molecule has 0 fully saturated rings. The summed E-state index contributed by atoms with van der Waals surface area (Å²) < 4.78 is 0. The van der Waals surface area contributed by atoms with Gasteiger partial charge in [-0.05, 0) is 5.22 Å². The monoisotopic (exact) mass is 123 g/mol. The van der Waals surface area contributed by atoms with E-state index in [1.807, 2.05) is 0 Å². The minimum atomic E-state index is 0.836. The average Bonchev–Trinajstić information content (AvgIpc) is 2.33. The molecule has 0 aliphatic carbocycles. The number of hydrogen-bond donors (Lipinski definition) is 1. The summed E-state index contributed by atoms with van der Waals surface area (Å²) >= 11 is 0. The Kier molecular flexibility index (Phi) is 0.989. The van der Waals surface area contributed by atoms with Crippen LogP contribution in [-0.2, 0) is 0 Å². The molecule has 9 heavy (non-hydrogen) atoms. The maximum Gasteiger partial charge on any atom is 0.102 e. The van der Waals surface area contributed by atoms with E-state index in [-0.39, 0.29) is 0 Å². The Bertz CT molecular complexity index is 181. The van der Waals surface area contributed by atoms with Gasteiger partial charge in [0.1, 0.15) is 5.70 Å². The SMILES string of the molecule is C1CC2=C(CN1)N=N[N]2. The van der Waals surface area contributed by atoms with Gasteiger partial charge < -0.3 is 5.32 Å². The third kappa shape index (κ3) is 0.712. The summed E-state index contributed by atoms with van der Waals surface area (Å²) in [6.45, 7) is 1.84. The molecule has 0 aromatic rings. The Morgan fingerprint density at radius 3 is 3.22 bits per heavy atom. The van der Waals surface area contributed by atoms with E-state index in [0.717, 1.165) is 30.9 Å². The topological polar surface area (TPSA) is 50.9 Å². The van der Waals surface area contributed by atoms with E-state index in [2.05, 4.69) is 21.1 Å². The lowest BCUT2D eigenvalue weighted by molar-refractivity contribution is 0.655. The standard InChI is InChI=1S/C5H7N4/c1-2-6-3-5-4(1)7-9-8-5/h6H,1-3H2. The van der Waals surface area contributed by atoms with Crippen LogP contribution < -0.4 is 10.7 Å². The molecule has 2 rings (SSSR count). The highest BCUT2D eigenvalue weighted by Gasteiger charge is 2.16. The zero-order valence-electron chi connectivity index (χ0n) is 4.96. The summed E-state index contributed by atoms with van der Waals surface area (Å²) in [6.07, 6.45) is 0.975. The summed E-state index contributed by atoms with van der Waals surface area (Å²) in [4.78, 5) is 0. The van der Waals surface area contributed by atoms with Crippen LogP contribution in [0.1, 0.15) is 6.42 Å². The van der Waals surface area contributed by atoms with Crippen LogP contribution in [0.3, 0.4) is 0 Å². The van der Waals surface area contributed by atoms with Crippen molar-refractivity contribution in [3.63, 3.8) is 0 Å². The average molecular weight is 123 g/mol. The molecule has 2 aliphatic rings. The summed E-state index contributed by atoms with van der Waals surface area (Å²) in [5, 5.41) is 10.6. The van der Waals surface area contributed by atoms with Crippen LogP contribution >= 0.6 is 0 Å². The van der Waals surface area contributed by atoms with Crippen LogP contribution in [0.4, 0.5) is 0 Å². The van der Waals surface area contributed by atoms with E-state index < -0.39 is 0 Å². The van der Waals surface area contributed by atoms with Gasteiger partial charge in [0.25, 0.3) is 0 Å². The predicted octanol–water partition coefficient (Wildman–Crippen LogP) is 0.176. The fraction of sp³-hybridized carbons (Fsp3) is 0.600. The first-order valence-corrected chi connectivity index (χ1v) is 3.01. The molecule has 4 heteroatoms. The van der Waals surface area contributed by atoms with Gasteiger partial charge in [0, 0.05) is 19.5 Å². The molecule has 0 atom stereocenters. The van der Waals surface area contributed by atoms with Gasteiger partial charge in [-0.25, -0.2) is 0 Å². The number of hydrogen-bond acceptors (Lipinski definition) is 3. The molecule has 0 unspecified atom stereocenters. The minimum Gasteiger partial charge on any atom is -0.311 e. The van der Waals surface area contributed by atoms with Crippen molar-refractivity contribution in [1.82, 2.24) is 10.7 Å². The van der Waals surface area contributed by atoms with Gasteiger partial charge in [0.15, 0.2) is 0 Å². The van der Waals surface area contributed by atoms with Crippen LogP contribution in [0.25, 0.3) is 0 Å². The number of rotatable bonds is 0. The fourth-order valence-corrected chi connectivity index (χ4v) is 0.991. The van der Waals surface area contributed by atoms with Gasteiger partial charge in [-0.2, -0.15) is 0 Å². The second-order valence-electron chi connectivity index (χ2n) is 2.11. The molecular weight excluding hydrogens is 116 g/mol. The van der Waals surface area contributed by atoms with Crippen molar-refractivity contribution >= 4 is 0 Å². The molecule has 0 saturated heterocycles. The molecule has 47 valence electrons. The Labute approximate surface area is 53.0 Å². The Morgan fingerprint density at radius 2 is 2.33 bits per heavy atom. The summed E-state index contributed by atoms with van der Waals surface area (Å²) in [6, 6.07) is 0. The second-order valence-corrected chi connectivity index (χ2v) is 2.11. The lowest BCUT2D eigenvalue weighted by Gasteiger charge is -2.09. The first-order chi connectivity index (χ1) is 4.47. The van der Waals surface area contributed by atoms with E-state index in [1.54, 1.807) is 0 Å². The van der Waals surface area contributed by atoms with Gasteiger partial charge in [-0.15, -0.1) is 10.5 Å². The zero-order valence-corrected chi connectivity index (χ0v) is 4.96. The maximum absolute atomic E-state index is 3.86. The van der Waals surface area contributed by atoms with Crippen LogP contribution in [0.5, 0.6) is 0 Å². The van der Waals surface area contributed by atoms with Gasteiger partial charge in [-0.3, -0.25) is 0 Å². The predicted molar refractivity (Wildman–Crippen MR) is 31.5 cm³/mol. The van der Waals surface area contributed by atoms with Crippen LogP contribution in [0.15, 0.2) is 21.7 Å². The van der Waals surface area contributed by atoms with Crippen molar-refractivity contribution < 1.29 is 0 Å². The van der Waals surface area contributed by atoms with Crippen LogP contribution in [0.2, 0.25) is 0 Å². The third-order valence-electron chi connectivity index (χ3n) is 1.50.